The Morgan fingerprint density at radius 3 is 2.52 bits per heavy atom. The van der Waals surface area contributed by atoms with Crippen molar-refractivity contribution in [2.24, 2.45) is 11.8 Å². The summed E-state index contributed by atoms with van der Waals surface area (Å²) in [5.41, 5.74) is 1.64. The number of nitrogens with one attached hydrogen (secondary N) is 1. The molecule has 0 saturated carbocycles. The number of carbonyl (C=O) groups is 2. The van der Waals surface area contributed by atoms with Crippen molar-refractivity contribution in [3.05, 3.63) is 40.4 Å². The molecule has 0 radical (unpaired) electrons. The fraction of sp³-hybridized carbons (Fsp3) is 0.333. The van der Waals surface area contributed by atoms with Crippen molar-refractivity contribution < 1.29 is 19.4 Å². The van der Waals surface area contributed by atoms with Gasteiger partial charge in [0.1, 0.15) is 5.92 Å². The van der Waals surface area contributed by atoms with Crippen LogP contribution in [0.2, 0.25) is 0 Å². The molecule has 2 N–H and O–H groups in total. The van der Waals surface area contributed by atoms with Crippen LogP contribution in [0, 0.1) is 18.8 Å². The Balaban J connectivity index is 1.80. The van der Waals surface area contributed by atoms with E-state index >= 15 is 0 Å². The summed E-state index contributed by atoms with van der Waals surface area (Å²) in [5.74, 6) is -2.84. The van der Waals surface area contributed by atoms with Gasteiger partial charge in [0.15, 0.2) is 0 Å². The van der Waals surface area contributed by atoms with Crippen molar-refractivity contribution in [2.45, 2.75) is 19.1 Å². The van der Waals surface area contributed by atoms with Gasteiger partial charge in [0.05, 0.1) is 18.1 Å². The first kappa shape index (κ1) is 14.3. The number of hydrogen-bond donors (Lipinski definition) is 2. The van der Waals surface area contributed by atoms with E-state index in [-0.39, 0.29) is 5.91 Å². The molecule has 21 heavy (non-hydrogen) atoms. The number of anilines is 1. The monoisotopic (exact) mass is 351 g/mol. The summed E-state index contributed by atoms with van der Waals surface area (Å²) in [6.45, 7) is 1.92. The fourth-order valence-electron chi connectivity index (χ4n) is 2.86. The lowest BCUT2D eigenvalue weighted by Crippen LogP contribution is -2.39. The van der Waals surface area contributed by atoms with Gasteiger partial charge in [-0.05, 0) is 30.7 Å². The molecule has 0 spiro atoms. The molecule has 5 nitrogen and oxygen atoms in total. The van der Waals surface area contributed by atoms with Crippen LogP contribution in [0.3, 0.4) is 0 Å². The molecule has 1 aromatic carbocycles. The molecule has 4 atom stereocenters. The summed E-state index contributed by atoms with van der Waals surface area (Å²) in [7, 11) is 0. The summed E-state index contributed by atoms with van der Waals surface area (Å²) in [6, 6.07) is 5.45. The Morgan fingerprint density at radius 1 is 1.24 bits per heavy atom. The van der Waals surface area contributed by atoms with Crippen molar-refractivity contribution in [2.75, 3.05) is 5.32 Å². The third-order valence-electron chi connectivity index (χ3n) is 3.91. The predicted molar refractivity (Wildman–Crippen MR) is 79.9 cm³/mol. The molecule has 2 aliphatic heterocycles. The zero-order valence-electron chi connectivity index (χ0n) is 11.2. The maximum atomic E-state index is 12.4. The minimum Gasteiger partial charge on any atom is -0.481 e. The summed E-state index contributed by atoms with van der Waals surface area (Å²) < 4.78 is 6.45. The molecule has 0 aliphatic carbocycles. The summed E-state index contributed by atoms with van der Waals surface area (Å²) in [6.07, 6.45) is 2.53. The van der Waals surface area contributed by atoms with Gasteiger partial charge in [-0.3, -0.25) is 9.59 Å². The minimum atomic E-state index is -1.00. The number of carboxylic acids is 1. The van der Waals surface area contributed by atoms with Crippen molar-refractivity contribution in [1.82, 2.24) is 0 Å². The first-order valence-electron chi connectivity index (χ1n) is 6.61. The number of carbonyl (C=O) groups excluding carboxylic acids is 1. The SMILES string of the molecule is Cc1cc(NC(=O)C2C3C=CC(O3)C2C(=O)O)ccc1Br. The smallest absolute Gasteiger partial charge is 0.310 e. The molecule has 6 heteroatoms. The van der Waals surface area contributed by atoms with Crippen LogP contribution < -0.4 is 5.32 Å². The molecule has 2 heterocycles. The number of aryl methyl sites for hydroxylation is 1. The first-order valence-corrected chi connectivity index (χ1v) is 7.40. The van der Waals surface area contributed by atoms with Crippen LogP contribution in [-0.2, 0) is 14.3 Å². The van der Waals surface area contributed by atoms with E-state index in [1.54, 1.807) is 18.2 Å². The minimum absolute atomic E-state index is 0.319. The van der Waals surface area contributed by atoms with E-state index < -0.39 is 30.0 Å². The molecule has 110 valence electrons. The normalized spacial score (nSPS) is 29.6. The molecule has 2 bridgehead atoms. The Morgan fingerprint density at radius 2 is 1.90 bits per heavy atom. The lowest BCUT2D eigenvalue weighted by Gasteiger charge is -2.21. The molecule has 0 aromatic heterocycles. The van der Waals surface area contributed by atoms with Gasteiger partial charge in [-0.25, -0.2) is 0 Å². The van der Waals surface area contributed by atoms with Gasteiger partial charge in [0.2, 0.25) is 5.91 Å². The number of rotatable bonds is 3. The van der Waals surface area contributed by atoms with Crippen LogP contribution in [0.1, 0.15) is 5.56 Å². The number of hydrogen-bond acceptors (Lipinski definition) is 3. The lowest BCUT2D eigenvalue weighted by atomic mass is 9.82. The molecular weight excluding hydrogens is 338 g/mol. The second-order valence-electron chi connectivity index (χ2n) is 5.29. The zero-order valence-corrected chi connectivity index (χ0v) is 12.8. The Hall–Kier alpha value is -1.66. The van der Waals surface area contributed by atoms with Crippen molar-refractivity contribution >= 4 is 33.5 Å². The number of benzene rings is 1. The van der Waals surface area contributed by atoms with E-state index in [0.717, 1.165) is 10.0 Å². The largest absolute Gasteiger partial charge is 0.481 e. The molecule has 1 aromatic rings. The predicted octanol–water partition coefficient (Wildman–Crippen LogP) is 2.35. The van der Waals surface area contributed by atoms with Crippen LogP contribution >= 0.6 is 15.9 Å². The van der Waals surface area contributed by atoms with Crippen LogP contribution in [0.5, 0.6) is 0 Å². The van der Waals surface area contributed by atoms with Crippen molar-refractivity contribution in [3.63, 3.8) is 0 Å². The highest BCUT2D eigenvalue weighted by Crippen LogP contribution is 2.39. The maximum Gasteiger partial charge on any atom is 0.310 e. The van der Waals surface area contributed by atoms with E-state index in [2.05, 4.69) is 21.2 Å². The highest BCUT2D eigenvalue weighted by atomic mass is 79.9. The average molecular weight is 352 g/mol. The van der Waals surface area contributed by atoms with E-state index in [0.29, 0.717) is 5.69 Å². The molecule has 2 aliphatic rings. The van der Waals surface area contributed by atoms with Gasteiger partial charge in [0.25, 0.3) is 0 Å². The van der Waals surface area contributed by atoms with Crippen LogP contribution in [0.15, 0.2) is 34.8 Å². The Bertz CT molecular complexity index is 643. The maximum absolute atomic E-state index is 12.4. The Kier molecular flexibility index (Phi) is 3.59. The average Bonchev–Trinajstić information content (AvgIpc) is 3.03. The molecule has 3 rings (SSSR count). The topological polar surface area (TPSA) is 75.6 Å². The quantitative estimate of drug-likeness (QED) is 0.819. The van der Waals surface area contributed by atoms with Gasteiger partial charge in [-0.2, -0.15) is 0 Å². The second-order valence-corrected chi connectivity index (χ2v) is 6.15. The zero-order chi connectivity index (χ0) is 15.1. The number of aliphatic carboxylic acids is 1. The summed E-state index contributed by atoms with van der Waals surface area (Å²) in [4.78, 5) is 23.8. The van der Waals surface area contributed by atoms with E-state index in [1.165, 1.54) is 0 Å². The fourth-order valence-corrected chi connectivity index (χ4v) is 3.11. The van der Waals surface area contributed by atoms with E-state index in [9.17, 15) is 14.7 Å². The molecule has 1 fully saturated rings. The van der Waals surface area contributed by atoms with E-state index in [1.807, 2.05) is 19.1 Å². The van der Waals surface area contributed by atoms with E-state index in [4.69, 9.17) is 4.74 Å². The third kappa shape index (κ3) is 2.49. The van der Waals surface area contributed by atoms with Crippen molar-refractivity contribution in [3.8, 4) is 0 Å². The van der Waals surface area contributed by atoms with Crippen LogP contribution in [0.25, 0.3) is 0 Å². The lowest BCUT2D eigenvalue weighted by molar-refractivity contribution is -0.145. The number of amides is 1. The van der Waals surface area contributed by atoms with Gasteiger partial charge >= 0.3 is 5.97 Å². The second kappa shape index (κ2) is 5.27. The molecule has 1 amide bonds. The number of fused-ring (bicyclic) bond motifs is 2. The number of halogens is 1. The molecular formula is C15H14BrNO4. The molecule has 4 unspecified atom stereocenters. The number of ether oxygens (including phenoxy) is 1. The summed E-state index contributed by atoms with van der Waals surface area (Å²) in [5, 5.41) is 12.1. The first-order chi connectivity index (χ1) is 9.97. The number of carboxylic acid groups (broad SMARTS) is 1. The van der Waals surface area contributed by atoms with Crippen LogP contribution in [-0.4, -0.2) is 29.2 Å². The highest BCUT2D eigenvalue weighted by molar-refractivity contribution is 9.10. The van der Waals surface area contributed by atoms with Gasteiger partial charge in [-0.15, -0.1) is 0 Å². The van der Waals surface area contributed by atoms with Gasteiger partial charge in [-0.1, -0.05) is 28.1 Å². The third-order valence-corrected chi connectivity index (χ3v) is 4.80. The molecule has 1 saturated heterocycles. The van der Waals surface area contributed by atoms with Gasteiger partial charge in [0, 0.05) is 10.2 Å². The summed E-state index contributed by atoms with van der Waals surface area (Å²) >= 11 is 3.40. The highest BCUT2D eigenvalue weighted by Gasteiger charge is 2.53. The van der Waals surface area contributed by atoms with Crippen LogP contribution in [0.4, 0.5) is 5.69 Å². The Labute approximate surface area is 130 Å². The van der Waals surface area contributed by atoms with Crippen molar-refractivity contribution in [1.29, 1.82) is 0 Å². The standard InChI is InChI=1S/C15H14BrNO4/c1-7-6-8(2-3-9(7)16)17-14(18)12-10-4-5-11(21-10)13(12)15(19)20/h2-6,10-13H,1H3,(H,17,18)(H,19,20). The van der Waals surface area contributed by atoms with Gasteiger partial charge < -0.3 is 15.2 Å².